The lowest BCUT2D eigenvalue weighted by Gasteiger charge is -1.98. The van der Waals surface area contributed by atoms with Crippen molar-refractivity contribution in [3.8, 4) is 6.07 Å². The highest BCUT2D eigenvalue weighted by Crippen LogP contribution is 2.02. The van der Waals surface area contributed by atoms with Gasteiger partial charge in [0.25, 0.3) is 0 Å². The van der Waals surface area contributed by atoms with Crippen molar-refractivity contribution in [1.29, 1.82) is 5.26 Å². The van der Waals surface area contributed by atoms with Gasteiger partial charge in [-0.05, 0) is 0 Å². The van der Waals surface area contributed by atoms with Crippen LogP contribution in [0.4, 0.5) is 0 Å². The Morgan fingerprint density at radius 1 is 0.842 bits per heavy atom. The monoisotopic (exact) mass is 248 g/mol. The quantitative estimate of drug-likeness (QED) is 0.514. The van der Waals surface area contributed by atoms with Crippen LogP contribution in [-0.2, 0) is 0 Å². The van der Waals surface area contributed by atoms with Crippen LogP contribution >= 0.6 is 0 Å². The van der Waals surface area contributed by atoms with E-state index in [9.17, 15) is 0 Å². The normalized spacial score (nSPS) is 11.9. The maximum atomic E-state index is 9.07. The zero-order valence-electron chi connectivity index (χ0n) is 10.2. The summed E-state index contributed by atoms with van der Waals surface area (Å²) in [5.74, 6) is 0.282. The molecule has 0 heterocycles. The van der Waals surface area contributed by atoms with Crippen LogP contribution in [0.3, 0.4) is 0 Å². The lowest BCUT2D eigenvalue weighted by molar-refractivity contribution is 1.22. The number of nitrogens with zero attached hydrogens (tertiary/aromatic N) is 3. The zero-order chi connectivity index (χ0) is 13.5. The van der Waals surface area contributed by atoms with Gasteiger partial charge in [-0.1, -0.05) is 60.7 Å². The summed E-state index contributed by atoms with van der Waals surface area (Å²) < 4.78 is 0. The largest absolute Gasteiger partial charge is 0.382 e. The molecule has 0 aliphatic rings. The number of hydrogen-bond donors (Lipinski definition) is 1. The van der Waals surface area contributed by atoms with E-state index in [0.717, 1.165) is 11.1 Å². The Bertz CT molecular complexity index is 637. The molecule has 0 spiro atoms. The lowest BCUT2D eigenvalue weighted by Crippen LogP contribution is -2.12. The van der Waals surface area contributed by atoms with E-state index < -0.39 is 0 Å². The summed E-state index contributed by atoms with van der Waals surface area (Å²) in [6, 6.07) is 20.5. The van der Waals surface area contributed by atoms with E-state index in [2.05, 4.69) is 10.2 Å². The molecule has 2 rings (SSSR count). The van der Waals surface area contributed by atoms with Crippen molar-refractivity contribution in [2.45, 2.75) is 0 Å². The van der Waals surface area contributed by atoms with Crippen LogP contribution in [0, 0.1) is 11.3 Å². The molecule has 2 N–H and O–H groups in total. The third kappa shape index (κ3) is 3.27. The summed E-state index contributed by atoms with van der Waals surface area (Å²) in [6.45, 7) is 0. The van der Waals surface area contributed by atoms with Gasteiger partial charge in [-0.3, -0.25) is 0 Å². The van der Waals surface area contributed by atoms with Gasteiger partial charge in [0, 0.05) is 11.1 Å². The number of benzene rings is 2. The highest BCUT2D eigenvalue weighted by molar-refractivity contribution is 6.12. The van der Waals surface area contributed by atoms with E-state index >= 15 is 0 Å². The van der Waals surface area contributed by atoms with Gasteiger partial charge in [0.15, 0.2) is 11.5 Å². The second-order valence-electron chi connectivity index (χ2n) is 3.78. The van der Waals surface area contributed by atoms with E-state index in [0.29, 0.717) is 0 Å². The fourth-order valence-corrected chi connectivity index (χ4v) is 1.51. The van der Waals surface area contributed by atoms with Crippen molar-refractivity contribution < 1.29 is 0 Å². The maximum Gasteiger partial charge on any atom is 0.170 e. The van der Waals surface area contributed by atoms with Crippen molar-refractivity contribution in [3.63, 3.8) is 0 Å². The Morgan fingerprint density at radius 2 is 1.37 bits per heavy atom. The Morgan fingerprint density at radius 3 is 1.89 bits per heavy atom. The van der Waals surface area contributed by atoms with Crippen molar-refractivity contribution in [1.82, 2.24) is 0 Å². The number of amidine groups is 1. The molecule has 0 amide bonds. The van der Waals surface area contributed by atoms with Crippen molar-refractivity contribution >= 4 is 11.5 Å². The van der Waals surface area contributed by atoms with Gasteiger partial charge in [0.05, 0.1) is 0 Å². The Labute approximate surface area is 111 Å². The number of nitrogens with two attached hydrogens (primary N) is 1. The first-order valence-electron chi connectivity index (χ1n) is 5.73. The van der Waals surface area contributed by atoms with E-state index in [1.807, 2.05) is 54.6 Å². The molecular weight excluding hydrogens is 236 g/mol. The fraction of sp³-hybridized carbons (Fsp3) is 0. The molecule has 2 aromatic carbocycles. The molecule has 0 bridgehead atoms. The van der Waals surface area contributed by atoms with Gasteiger partial charge in [-0.15, -0.1) is 10.2 Å². The molecule has 0 fully saturated rings. The Hall–Kier alpha value is -2.93. The van der Waals surface area contributed by atoms with Crippen molar-refractivity contribution in [2.24, 2.45) is 15.9 Å². The molecule has 92 valence electrons. The van der Waals surface area contributed by atoms with E-state index in [1.54, 1.807) is 12.1 Å². The third-order valence-corrected chi connectivity index (χ3v) is 2.48. The van der Waals surface area contributed by atoms with Crippen LogP contribution in [0.1, 0.15) is 11.1 Å². The topological polar surface area (TPSA) is 74.5 Å². The molecule has 4 nitrogen and oxygen atoms in total. The molecular formula is C15H12N4. The van der Waals surface area contributed by atoms with E-state index in [1.165, 1.54) is 0 Å². The molecule has 0 saturated carbocycles. The average molecular weight is 248 g/mol. The van der Waals surface area contributed by atoms with Crippen LogP contribution in [0.15, 0.2) is 70.9 Å². The standard InChI is InChI=1S/C15H12N4/c16-11-14(12-7-3-1-4-8-12)18-19-15(17)13-9-5-2-6-10-13/h1-10H,(H2,17,19)/b18-14+. The predicted octanol–water partition coefficient (Wildman–Crippen LogP) is 2.32. The molecule has 0 atom stereocenters. The summed E-state index contributed by atoms with van der Waals surface area (Å²) in [5, 5.41) is 16.9. The summed E-state index contributed by atoms with van der Waals surface area (Å²) in [6.07, 6.45) is 0. The third-order valence-electron chi connectivity index (χ3n) is 2.48. The van der Waals surface area contributed by atoms with Crippen LogP contribution in [0.25, 0.3) is 0 Å². The Balaban J connectivity index is 2.28. The van der Waals surface area contributed by atoms with Crippen molar-refractivity contribution in [3.05, 3.63) is 71.8 Å². The van der Waals surface area contributed by atoms with Crippen LogP contribution in [-0.4, -0.2) is 11.5 Å². The Kier molecular flexibility index (Phi) is 4.04. The molecule has 0 aliphatic heterocycles. The molecule has 0 radical (unpaired) electrons. The molecule has 4 heteroatoms. The second-order valence-corrected chi connectivity index (χ2v) is 3.78. The van der Waals surface area contributed by atoms with Crippen molar-refractivity contribution in [2.75, 3.05) is 0 Å². The molecule has 0 unspecified atom stereocenters. The van der Waals surface area contributed by atoms with Gasteiger partial charge < -0.3 is 5.73 Å². The van der Waals surface area contributed by atoms with Gasteiger partial charge in [0.2, 0.25) is 0 Å². The van der Waals surface area contributed by atoms with Crippen LogP contribution in [0.5, 0.6) is 0 Å². The molecule has 2 aromatic rings. The molecule has 0 aromatic heterocycles. The number of rotatable bonds is 3. The first kappa shape index (κ1) is 12.5. The number of nitriles is 1. The first-order valence-corrected chi connectivity index (χ1v) is 5.73. The molecule has 0 saturated heterocycles. The summed E-state index contributed by atoms with van der Waals surface area (Å²) in [4.78, 5) is 0. The smallest absolute Gasteiger partial charge is 0.170 e. The number of hydrogen-bond acceptors (Lipinski definition) is 3. The molecule has 0 aliphatic carbocycles. The lowest BCUT2D eigenvalue weighted by atomic mass is 10.1. The van der Waals surface area contributed by atoms with E-state index in [4.69, 9.17) is 11.0 Å². The average Bonchev–Trinajstić information content (AvgIpc) is 2.49. The van der Waals surface area contributed by atoms with Gasteiger partial charge in [-0.2, -0.15) is 5.26 Å². The molecule has 19 heavy (non-hydrogen) atoms. The summed E-state index contributed by atoms with van der Waals surface area (Å²) in [5.41, 5.74) is 7.54. The fourth-order valence-electron chi connectivity index (χ4n) is 1.51. The van der Waals surface area contributed by atoms with Gasteiger partial charge in [-0.25, -0.2) is 0 Å². The van der Waals surface area contributed by atoms with Gasteiger partial charge >= 0.3 is 0 Å². The zero-order valence-corrected chi connectivity index (χ0v) is 10.2. The van der Waals surface area contributed by atoms with Crippen LogP contribution in [0.2, 0.25) is 0 Å². The summed E-state index contributed by atoms with van der Waals surface area (Å²) in [7, 11) is 0. The second kappa shape index (κ2) is 6.12. The minimum atomic E-state index is 0.236. The minimum Gasteiger partial charge on any atom is -0.382 e. The highest BCUT2D eigenvalue weighted by atomic mass is 15.2. The van der Waals surface area contributed by atoms with Crippen LogP contribution < -0.4 is 5.73 Å². The maximum absolute atomic E-state index is 9.07. The highest BCUT2D eigenvalue weighted by Gasteiger charge is 2.01. The summed E-state index contributed by atoms with van der Waals surface area (Å²) >= 11 is 0. The van der Waals surface area contributed by atoms with Gasteiger partial charge in [0.1, 0.15) is 6.07 Å². The minimum absolute atomic E-state index is 0.236. The SMILES string of the molecule is N#C/C(=N\N=C(/N)c1ccccc1)c1ccccc1. The predicted molar refractivity (Wildman–Crippen MR) is 75.8 cm³/mol. The first-order chi connectivity index (χ1) is 9.31. The van der Waals surface area contributed by atoms with E-state index in [-0.39, 0.29) is 11.5 Å².